The Morgan fingerprint density at radius 1 is 1.20 bits per heavy atom. The summed E-state index contributed by atoms with van der Waals surface area (Å²) in [6.45, 7) is 6.91. The minimum Gasteiger partial charge on any atom is -0.281 e. The van der Waals surface area contributed by atoms with Gasteiger partial charge in [-0.1, -0.05) is 44.5 Å². The standard InChI is InChI=1S/C17H21ClN2/c1-10(2)14-9-4-11(3)15-16(19-20-17(14)15)12-5-7-13(18)8-6-12/h5-8,10-11,14H,4,9H2,1-3H3,(H,19,20)/t11-,14+/m1/s1. The van der Waals surface area contributed by atoms with Crippen molar-refractivity contribution in [3.63, 3.8) is 0 Å². The Balaban J connectivity index is 2.08. The summed E-state index contributed by atoms with van der Waals surface area (Å²) in [4.78, 5) is 0. The van der Waals surface area contributed by atoms with Crippen LogP contribution in [0, 0.1) is 5.92 Å². The zero-order valence-corrected chi connectivity index (χ0v) is 13.0. The molecule has 20 heavy (non-hydrogen) atoms. The number of aromatic nitrogens is 2. The van der Waals surface area contributed by atoms with Crippen molar-refractivity contribution in [1.82, 2.24) is 10.2 Å². The quantitative estimate of drug-likeness (QED) is 0.791. The summed E-state index contributed by atoms with van der Waals surface area (Å²) in [6, 6.07) is 7.99. The third-order valence-corrected chi connectivity index (χ3v) is 4.78. The highest BCUT2D eigenvalue weighted by Crippen LogP contribution is 2.44. The molecule has 1 N–H and O–H groups in total. The molecular weight excluding hydrogens is 268 g/mol. The summed E-state index contributed by atoms with van der Waals surface area (Å²) >= 11 is 5.98. The summed E-state index contributed by atoms with van der Waals surface area (Å²) < 4.78 is 0. The molecule has 2 atom stereocenters. The van der Waals surface area contributed by atoms with E-state index >= 15 is 0 Å². The Bertz CT molecular complexity index is 598. The van der Waals surface area contributed by atoms with Crippen LogP contribution in [0.3, 0.4) is 0 Å². The van der Waals surface area contributed by atoms with Gasteiger partial charge in [0.25, 0.3) is 0 Å². The van der Waals surface area contributed by atoms with Crippen LogP contribution in [-0.2, 0) is 0 Å². The number of hydrogen-bond acceptors (Lipinski definition) is 1. The first-order valence-corrected chi connectivity index (χ1v) is 7.79. The molecule has 3 rings (SSSR count). The third-order valence-electron chi connectivity index (χ3n) is 4.53. The molecule has 1 aliphatic rings. The van der Waals surface area contributed by atoms with E-state index in [1.165, 1.54) is 24.1 Å². The number of nitrogens with zero attached hydrogens (tertiary/aromatic N) is 1. The van der Waals surface area contributed by atoms with Crippen molar-refractivity contribution in [2.45, 2.75) is 45.4 Å². The number of hydrogen-bond donors (Lipinski definition) is 1. The molecule has 0 saturated carbocycles. The topological polar surface area (TPSA) is 28.7 Å². The Hall–Kier alpha value is -1.28. The minimum absolute atomic E-state index is 0.574. The second-order valence-corrected chi connectivity index (χ2v) is 6.67. The van der Waals surface area contributed by atoms with Crippen LogP contribution < -0.4 is 0 Å². The van der Waals surface area contributed by atoms with Crippen molar-refractivity contribution in [1.29, 1.82) is 0 Å². The molecule has 0 unspecified atom stereocenters. The first-order chi connectivity index (χ1) is 9.58. The largest absolute Gasteiger partial charge is 0.281 e. The molecule has 1 aliphatic carbocycles. The summed E-state index contributed by atoms with van der Waals surface area (Å²) in [5, 5.41) is 8.70. The third kappa shape index (κ3) is 2.26. The van der Waals surface area contributed by atoms with E-state index in [-0.39, 0.29) is 0 Å². The predicted molar refractivity (Wildman–Crippen MR) is 84.3 cm³/mol. The van der Waals surface area contributed by atoms with Crippen molar-refractivity contribution in [3.8, 4) is 11.3 Å². The van der Waals surface area contributed by atoms with Crippen LogP contribution in [0.1, 0.15) is 56.7 Å². The zero-order chi connectivity index (χ0) is 14.3. The lowest BCUT2D eigenvalue weighted by atomic mass is 9.75. The molecule has 0 saturated heterocycles. The lowest BCUT2D eigenvalue weighted by Crippen LogP contribution is -2.16. The Morgan fingerprint density at radius 2 is 1.90 bits per heavy atom. The van der Waals surface area contributed by atoms with Crippen molar-refractivity contribution >= 4 is 11.6 Å². The van der Waals surface area contributed by atoms with Gasteiger partial charge in [0.15, 0.2) is 0 Å². The average molecular weight is 289 g/mol. The van der Waals surface area contributed by atoms with Crippen molar-refractivity contribution in [2.24, 2.45) is 5.92 Å². The maximum absolute atomic E-state index is 5.98. The number of rotatable bonds is 2. The molecule has 106 valence electrons. The molecule has 0 amide bonds. The molecule has 1 aromatic carbocycles. The average Bonchev–Trinajstić information content (AvgIpc) is 2.85. The van der Waals surface area contributed by atoms with E-state index in [1.54, 1.807) is 0 Å². The van der Waals surface area contributed by atoms with E-state index in [4.69, 9.17) is 11.6 Å². The second-order valence-electron chi connectivity index (χ2n) is 6.24. The number of halogens is 1. The van der Waals surface area contributed by atoms with Gasteiger partial charge in [0, 0.05) is 27.8 Å². The molecule has 0 radical (unpaired) electrons. The van der Waals surface area contributed by atoms with Crippen LogP contribution in [0.4, 0.5) is 0 Å². The van der Waals surface area contributed by atoms with Gasteiger partial charge in [-0.15, -0.1) is 0 Å². The van der Waals surface area contributed by atoms with Gasteiger partial charge in [0.05, 0.1) is 5.69 Å². The highest BCUT2D eigenvalue weighted by atomic mass is 35.5. The van der Waals surface area contributed by atoms with Crippen LogP contribution in [0.2, 0.25) is 5.02 Å². The summed E-state index contributed by atoms with van der Waals surface area (Å²) in [5.74, 6) is 1.83. The molecule has 0 fully saturated rings. The number of fused-ring (bicyclic) bond motifs is 1. The molecule has 1 heterocycles. The van der Waals surface area contributed by atoms with Crippen LogP contribution >= 0.6 is 11.6 Å². The fourth-order valence-corrected chi connectivity index (χ4v) is 3.48. The van der Waals surface area contributed by atoms with E-state index in [2.05, 4.69) is 43.1 Å². The fraction of sp³-hybridized carbons (Fsp3) is 0.471. The first kappa shape index (κ1) is 13.7. The van der Waals surface area contributed by atoms with Crippen molar-refractivity contribution < 1.29 is 0 Å². The van der Waals surface area contributed by atoms with Crippen LogP contribution in [0.25, 0.3) is 11.3 Å². The second kappa shape index (κ2) is 5.25. The number of aromatic amines is 1. The number of H-pyrrole nitrogens is 1. The van der Waals surface area contributed by atoms with Gasteiger partial charge in [-0.05, 0) is 36.8 Å². The Morgan fingerprint density at radius 3 is 2.55 bits per heavy atom. The van der Waals surface area contributed by atoms with Crippen LogP contribution in [0.15, 0.2) is 24.3 Å². The van der Waals surface area contributed by atoms with E-state index in [0.717, 1.165) is 16.3 Å². The van der Waals surface area contributed by atoms with Crippen LogP contribution in [0.5, 0.6) is 0 Å². The SMILES string of the molecule is CC(C)[C@@H]1CC[C@@H](C)c2c(-c3ccc(Cl)cc3)n[nH]c21. The monoisotopic (exact) mass is 288 g/mol. The normalized spacial score (nSPS) is 22.1. The Labute approximate surface area is 125 Å². The van der Waals surface area contributed by atoms with Gasteiger partial charge >= 0.3 is 0 Å². The zero-order valence-electron chi connectivity index (χ0n) is 12.3. The molecule has 0 aliphatic heterocycles. The Kier molecular flexibility index (Phi) is 3.59. The molecule has 3 heteroatoms. The highest BCUT2D eigenvalue weighted by molar-refractivity contribution is 6.30. The number of nitrogens with one attached hydrogen (secondary N) is 1. The lowest BCUT2D eigenvalue weighted by molar-refractivity contribution is 0.403. The number of benzene rings is 1. The van der Waals surface area contributed by atoms with Gasteiger partial charge in [-0.3, -0.25) is 5.10 Å². The summed E-state index contributed by atoms with van der Waals surface area (Å²) in [6.07, 6.45) is 2.50. The minimum atomic E-state index is 0.574. The lowest BCUT2D eigenvalue weighted by Gasteiger charge is -2.29. The van der Waals surface area contributed by atoms with Crippen molar-refractivity contribution in [2.75, 3.05) is 0 Å². The van der Waals surface area contributed by atoms with Gasteiger partial charge < -0.3 is 0 Å². The van der Waals surface area contributed by atoms with Gasteiger partial charge in [0.1, 0.15) is 0 Å². The molecule has 2 aromatic rings. The van der Waals surface area contributed by atoms with Gasteiger partial charge in [-0.25, -0.2) is 0 Å². The predicted octanol–water partition coefficient (Wildman–Crippen LogP) is 5.37. The van der Waals surface area contributed by atoms with Crippen LogP contribution in [-0.4, -0.2) is 10.2 Å². The van der Waals surface area contributed by atoms with E-state index in [1.807, 2.05) is 12.1 Å². The summed E-state index contributed by atoms with van der Waals surface area (Å²) in [7, 11) is 0. The van der Waals surface area contributed by atoms with Crippen molar-refractivity contribution in [3.05, 3.63) is 40.5 Å². The van der Waals surface area contributed by atoms with E-state index in [9.17, 15) is 0 Å². The smallest absolute Gasteiger partial charge is 0.0958 e. The van der Waals surface area contributed by atoms with Gasteiger partial charge in [-0.2, -0.15) is 5.10 Å². The summed E-state index contributed by atoms with van der Waals surface area (Å²) in [5.41, 5.74) is 5.03. The van der Waals surface area contributed by atoms with E-state index < -0.39 is 0 Å². The fourth-order valence-electron chi connectivity index (χ4n) is 3.36. The molecule has 0 spiro atoms. The maximum Gasteiger partial charge on any atom is 0.0958 e. The van der Waals surface area contributed by atoms with Gasteiger partial charge in [0.2, 0.25) is 0 Å². The first-order valence-electron chi connectivity index (χ1n) is 7.42. The molecule has 1 aromatic heterocycles. The van der Waals surface area contributed by atoms with E-state index in [0.29, 0.717) is 17.8 Å². The molecular formula is C17H21ClN2. The molecule has 0 bridgehead atoms. The maximum atomic E-state index is 5.98. The molecule has 2 nitrogen and oxygen atoms in total. The highest BCUT2D eigenvalue weighted by Gasteiger charge is 2.31.